The molecule has 1 heterocycles. The first-order valence-electron chi connectivity index (χ1n) is 7.24. The van der Waals surface area contributed by atoms with E-state index in [1.54, 1.807) is 38.3 Å². The Kier molecular flexibility index (Phi) is 5.16. The number of benzene rings is 1. The summed E-state index contributed by atoms with van der Waals surface area (Å²) in [6, 6.07) is 6.60. The van der Waals surface area contributed by atoms with Gasteiger partial charge in [-0.3, -0.25) is 4.79 Å². The summed E-state index contributed by atoms with van der Waals surface area (Å²) >= 11 is 0. The molecule has 6 nitrogen and oxygen atoms in total. The van der Waals surface area contributed by atoms with Gasteiger partial charge in [-0.1, -0.05) is 19.0 Å². The van der Waals surface area contributed by atoms with Crippen molar-refractivity contribution in [1.82, 2.24) is 5.16 Å². The number of methoxy groups -OCH3 is 1. The fraction of sp³-hybridized carbons (Fsp3) is 0.353. The summed E-state index contributed by atoms with van der Waals surface area (Å²) in [5, 5.41) is 3.79. The van der Waals surface area contributed by atoms with Crippen LogP contribution in [0.5, 0.6) is 5.75 Å². The van der Waals surface area contributed by atoms with Gasteiger partial charge in [0.25, 0.3) is 0 Å². The van der Waals surface area contributed by atoms with Crippen LogP contribution in [-0.4, -0.2) is 30.6 Å². The number of nitrogens with zero attached hydrogens (tertiary/aromatic N) is 1. The van der Waals surface area contributed by atoms with Gasteiger partial charge in [-0.15, -0.1) is 0 Å². The van der Waals surface area contributed by atoms with Gasteiger partial charge in [-0.05, 0) is 31.2 Å². The lowest BCUT2D eigenvalue weighted by Crippen LogP contribution is -2.16. The number of carbonyl (C=O) groups excluding carboxylic acids is 2. The van der Waals surface area contributed by atoms with Crippen LogP contribution in [0, 0.1) is 6.92 Å². The highest BCUT2D eigenvalue weighted by Crippen LogP contribution is 2.23. The van der Waals surface area contributed by atoms with Gasteiger partial charge in [0.05, 0.1) is 12.8 Å². The summed E-state index contributed by atoms with van der Waals surface area (Å²) in [6.07, 6.45) is 0. The van der Waals surface area contributed by atoms with E-state index in [9.17, 15) is 9.59 Å². The Morgan fingerprint density at radius 3 is 2.43 bits per heavy atom. The SMILES string of the molecule is COc1ccc(C(=O)COC(=O)c2c(C)noc2C(C)C)cc1. The Bertz CT molecular complexity index is 700. The zero-order chi connectivity index (χ0) is 17.0. The third kappa shape index (κ3) is 3.77. The second kappa shape index (κ2) is 7.09. The van der Waals surface area contributed by atoms with E-state index >= 15 is 0 Å². The molecule has 0 saturated heterocycles. The van der Waals surface area contributed by atoms with Crippen LogP contribution in [-0.2, 0) is 4.74 Å². The van der Waals surface area contributed by atoms with E-state index in [0.717, 1.165) is 0 Å². The fourth-order valence-electron chi connectivity index (χ4n) is 2.09. The molecule has 0 aliphatic heterocycles. The summed E-state index contributed by atoms with van der Waals surface area (Å²) in [6.45, 7) is 5.10. The second-order valence-electron chi connectivity index (χ2n) is 5.39. The van der Waals surface area contributed by atoms with Gasteiger partial charge in [0.2, 0.25) is 0 Å². The molecule has 2 aromatic rings. The molecule has 0 N–H and O–H groups in total. The van der Waals surface area contributed by atoms with Crippen molar-refractivity contribution >= 4 is 11.8 Å². The van der Waals surface area contributed by atoms with E-state index in [1.165, 1.54) is 0 Å². The van der Waals surface area contributed by atoms with E-state index < -0.39 is 5.97 Å². The maximum absolute atomic E-state index is 12.2. The van der Waals surface area contributed by atoms with Gasteiger partial charge in [0.15, 0.2) is 18.2 Å². The number of ether oxygens (including phenoxy) is 2. The lowest BCUT2D eigenvalue weighted by Gasteiger charge is -2.07. The van der Waals surface area contributed by atoms with Crippen molar-refractivity contribution in [2.24, 2.45) is 0 Å². The van der Waals surface area contributed by atoms with Gasteiger partial charge in [-0.25, -0.2) is 4.79 Å². The molecular formula is C17H19NO5. The monoisotopic (exact) mass is 317 g/mol. The van der Waals surface area contributed by atoms with Gasteiger partial charge < -0.3 is 14.0 Å². The molecule has 122 valence electrons. The highest BCUT2D eigenvalue weighted by atomic mass is 16.5. The third-order valence-electron chi connectivity index (χ3n) is 3.36. The quantitative estimate of drug-likeness (QED) is 0.601. The molecule has 0 unspecified atom stereocenters. The molecule has 0 aliphatic carbocycles. The van der Waals surface area contributed by atoms with Gasteiger partial charge in [0.1, 0.15) is 11.3 Å². The van der Waals surface area contributed by atoms with Crippen molar-refractivity contribution in [1.29, 1.82) is 0 Å². The number of Topliss-reactive ketones (excluding diaryl/α,β-unsaturated/α-hetero) is 1. The summed E-state index contributed by atoms with van der Waals surface area (Å²) in [4.78, 5) is 24.3. The van der Waals surface area contributed by atoms with E-state index in [-0.39, 0.29) is 18.3 Å². The minimum atomic E-state index is -0.602. The molecule has 0 spiro atoms. The van der Waals surface area contributed by atoms with Crippen LogP contribution in [0.2, 0.25) is 0 Å². The van der Waals surface area contributed by atoms with E-state index in [4.69, 9.17) is 14.0 Å². The molecule has 0 bridgehead atoms. The number of aromatic nitrogens is 1. The topological polar surface area (TPSA) is 78.6 Å². The molecule has 1 aromatic heterocycles. The Morgan fingerprint density at radius 1 is 1.22 bits per heavy atom. The summed E-state index contributed by atoms with van der Waals surface area (Å²) in [7, 11) is 1.55. The van der Waals surface area contributed by atoms with Gasteiger partial charge in [-0.2, -0.15) is 0 Å². The number of aryl methyl sites for hydroxylation is 1. The number of rotatable bonds is 6. The zero-order valence-electron chi connectivity index (χ0n) is 13.6. The summed E-state index contributed by atoms with van der Waals surface area (Å²) in [5.41, 5.74) is 1.20. The van der Waals surface area contributed by atoms with Crippen LogP contribution in [0.4, 0.5) is 0 Å². The molecule has 0 radical (unpaired) electrons. The molecule has 0 fully saturated rings. The Balaban J connectivity index is 2.04. The first-order chi connectivity index (χ1) is 10.9. The maximum Gasteiger partial charge on any atom is 0.344 e. The highest BCUT2D eigenvalue weighted by Gasteiger charge is 2.24. The molecular weight excluding hydrogens is 298 g/mol. The maximum atomic E-state index is 12.2. The lowest BCUT2D eigenvalue weighted by atomic mass is 10.1. The largest absolute Gasteiger partial charge is 0.497 e. The number of hydrogen-bond donors (Lipinski definition) is 0. The standard InChI is InChI=1S/C17H19NO5/c1-10(2)16-15(11(3)18-23-16)17(20)22-9-14(19)12-5-7-13(21-4)8-6-12/h5-8,10H,9H2,1-4H3. The van der Waals surface area contributed by atoms with Crippen LogP contribution < -0.4 is 4.74 Å². The molecule has 0 saturated carbocycles. The Morgan fingerprint density at radius 2 is 1.87 bits per heavy atom. The van der Waals surface area contributed by atoms with E-state index in [1.807, 2.05) is 13.8 Å². The van der Waals surface area contributed by atoms with Crippen molar-refractivity contribution in [2.75, 3.05) is 13.7 Å². The smallest absolute Gasteiger partial charge is 0.344 e. The third-order valence-corrected chi connectivity index (χ3v) is 3.36. The van der Waals surface area contributed by atoms with Crippen molar-refractivity contribution in [3.05, 3.63) is 46.8 Å². The minimum absolute atomic E-state index is 0.00367. The average molecular weight is 317 g/mol. The number of ketones is 1. The molecule has 2 rings (SSSR count). The van der Waals surface area contributed by atoms with E-state index in [0.29, 0.717) is 28.3 Å². The normalized spacial score (nSPS) is 10.7. The van der Waals surface area contributed by atoms with Crippen molar-refractivity contribution in [2.45, 2.75) is 26.7 Å². The minimum Gasteiger partial charge on any atom is -0.497 e. The second-order valence-corrected chi connectivity index (χ2v) is 5.39. The zero-order valence-corrected chi connectivity index (χ0v) is 13.6. The number of esters is 1. The highest BCUT2D eigenvalue weighted by molar-refractivity contribution is 5.99. The van der Waals surface area contributed by atoms with Crippen LogP contribution in [0.1, 0.15) is 51.9 Å². The molecule has 1 aromatic carbocycles. The molecule has 0 aliphatic rings. The fourth-order valence-corrected chi connectivity index (χ4v) is 2.09. The first-order valence-corrected chi connectivity index (χ1v) is 7.24. The van der Waals surface area contributed by atoms with Crippen molar-refractivity contribution < 1.29 is 23.6 Å². The molecule has 0 atom stereocenters. The average Bonchev–Trinajstić information content (AvgIpc) is 2.94. The van der Waals surface area contributed by atoms with Gasteiger partial charge >= 0.3 is 5.97 Å². The van der Waals surface area contributed by atoms with Gasteiger partial charge in [0, 0.05) is 11.5 Å². The number of hydrogen-bond acceptors (Lipinski definition) is 6. The van der Waals surface area contributed by atoms with Crippen LogP contribution >= 0.6 is 0 Å². The first kappa shape index (κ1) is 16.7. The Hall–Kier alpha value is -2.63. The van der Waals surface area contributed by atoms with E-state index in [2.05, 4.69) is 5.16 Å². The Labute approximate surface area is 134 Å². The lowest BCUT2D eigenvalue weighted by molar-refractivity contribution is 0.0471. The van der Waals surface area contributed by atoms with Crippen LogP contribution in [0.15, 0.2) is 28.8 Å². The van der Waals surface area contributed by atoms with Crippen molar-refractivity contribution in [3.63, 3.8) is 0 Å². The summed E-state index contributed by atoms with van der Waals surface area (Å²) in [5.74, 6) is 0.219. The van der Waals surface area contributed by atoms with Crippen molar-refractivity contribution in [3.8, 4) is 5.75 Å². The predicted octanol–water partition coefficient (Wildman–Crippen LogP) is 3.15. The van der Waals surface area contributed by atoms with Crippen LogP contribution in [0.3, 0.4) is 0 Å². The number of carbonyl (C=O) groups is 2. The molecule has 23 heavy (non-hydrogen) atoms. The predicted molar refractivity (Wildman–Crippen MR) is 82.9 cm³/mol. The summed E-state index contributed by atoms with van der Waals surface area (Å²) < 4.78 is 15.3. The van der Waals surface area contributed by atoms with Crippen LogP contribution in [0.25, 0.3) is 0 Å². The molecule has 0 amide bonds. The molecule has 6 heteroatoms.